The zero-order chi connectivity index (χ0) is 21.6. The Balaban J connectivity index is 1.55. The van der Waals surface area contributed by atoms with Gasteiger partial charge in [0, 0.05) is 42.6 Å². The number of morpholine rings is 1. The molecule has 31 heavy (non-hydrogen) atoms. The smallest absolute Gasteiger partial charge is 0.0862 e. The topological polar surface area (TPSA) is 101 Å². The van der Waals surface area contributed by atoms with E-state index >= 15 is 0 Å². The van der Waals surface area contributed by atoms with Gasteiger partial charge in [0.2, 0.25) is 0 Å². The summed E-state index contributed by atoms with van der Waals surface area (Å²) >= 11 is 0. The first-order valence-corrected chi connectivity index (χ1v) is 10.4. The Labute approximate surface area is 182 Å². The molecule has 1 aliphatic heterocycles. The number of nitrogens with one attached hydrogen (secondary N) is 1. The lowest BCUT2D eigenvalue weighted by atomic mass is 9.99. The number of nitrogens with two attached hydrogens (primary N) is 2. The standard InChI is InChI=1S/C25H27N5O/c26-22-8-7-20(24-6-1-2-9-29-24)16-21(22)25(28)23(27)15-18-4-3-5-19(14-18)17-30-10-12-31-13-11-30/h1-9,14-16,28H,10-13,17,26-27H2/b23-15-,28-25?. The van der Waals surface area contributed by atoms with Crippen molar-refractivity contribution in [1.82, 2.24) is 9.88 Å². The number of aromatic nitrogens is 1. The molecule has 0 aliphatic carbocycles. The molecule has 0 spiro atoms. The maximum Gasteiger partial charge on any atom is 0.0862 e. The maximum atomic E-state index is 8.63. The molecule has 3 aromatic rings. The quantitative estimate of drug-likeness (QED) is 0.424. The largest absolute Gasteiger partial charge is 0.398 e. The number of pyridine rings is 1. The van der Waals surface area contributed by atoms with Crippen molar-refractivity contribution in [1.29, 1.82) is 5.41 Å². The van der Waals surface area contributed by atoms with Crippen LogP contribution in [-0.4, -0.2) is 41.9 Å². The van der Waals surface area contributed by atoms with Crippen LogP contribution in [0.1, 0.15) is 16.7 Å². The number of hydrogen-bond donors (Lipinski definition) is 3. The highest BCUT2D eigenvalue weighted by molar-refractivity contribution is 6.15. The first-order chi connectivity index (χ1) is 15.1. The van der Waals surface area contributed by atoms with E-state index in [0.29, 0.717) is 16.9 Å². The predicted octanol–water partition coefficient (Wildman–Crippen LogP) is 3.53. The second-order valence-corrected chi connectivity index (χ2v) is 7.63. The fourth-order valence-corrected chi connectivity index (χ4v) is 3.67. The molecule has 1 fully saturated rings. The third kappa shape index (κ3) is 5.17. The Morgan fingerprint density at radius 3 is 2.68 bits per heavy atom. The van der Waals surface area contributed by atoms with Crippen LogP contribution in [0.4, 0.5) is 5.69 Å². The molecule has 1 aromatic heterocycles. The molecular formula is C25H27N5O. The lowest BCUT2D eigenvalue weighted by Crippen LogP contribution is -2.35. The zero-order valence-corrected chi connectivity index (χ0v) is 17.4. The monoisotopic (exact) mass is 413 g/mol. The van der Waals surface area contributed by atoms with Crippen LogP contribution in [0.25, 0.3) is 17.3 Å². The Morgan fingerprint density at radius 2 is 1.90 bits per heavy atom. The fourth-order valence-electron chi connectivity index (χ4n) is 3.67. The molecule has 0 bridgehead atoms. The molecular weight excluding hydrogens is 386 g/mol. The number of benzene rings is 2. The number of hydrogen-bond acceptors (Lipinski definition) is 6. The van der Waals surface area contributed by atoms with Crippen LogP contribution < -0.4 is 11.5 Å². The Hall–Kier alpha value is -3.48. The van der Waals surface area contributed by atoms with E-state index in [0.717, 1.165) is 49.7 Å². The molecule has 2 aromatic carbocycles. The minimum Gasteiger partial charge on any atom is -0.398 e. The van der Waals surface area contributed by atoms with Crippen molar-refractivity contribution >= 4 is 17.5 Å². The van der Waals surface area contributed by atoms with Gasteiger partial charge in [0.1, 0.15) is 0 Å². The van der Waals surface area contributed by atoms with Crippen LogP contribution in [0.5, 0.6) is 0 Å². The van der Waals surface area contributed by atoms with Crippen molar-refractivity contribution in [3.05, 3.63) is 89.2 Å². The molecule has 6 heteroatoms. The first-order valence-electron chi connectivity index (χ1n) is 10.4. The maximum absolute atomic E-state index is 8.63. The molecule has 158 valence electrons. The van der Waals surface area contributed by atoms with Crippen LogP contribution in [0.3, 0.4) is 0 Å². The predicted molar refractivity (Wildman–Crippen MR) is 126 cm³/mol. The Bertz CT molecular complexity index is 1090. The second-order valence-electron chi connectivity index (χ2n) is 7.63. The number of rotatable bonds is 6. The van der Waals surface area contributed by atoms with E-state index in [1.807, 2.05) is 48.5 Å². The summed E-state index contributed by atoms with van der Waals surface area (Å²) in [5, 5.41) is 8.63. The molecule has 0 unspecified atom stereocenters. The SMILES string of the molecule is N=C(/C(N)=C/c1cccc(CN2CCOCC2)c1)c1cc(-c2ccccn2)ccc1N. The normalized spacial score (nSPS) is 15.0. The van der Waals surface area contributed by atoms with Gasteiger partial charge < -0.3 is 16.2 Å². The first kappa shape index (κ1) is 20.8. The summed E-state index contributed by atoms with van der Waals surface area (Å²) in [6.45, 7) is 4.32. The summed E-state index contributed by atoms with van der Waals surface area (Å²) in [7, 11) is 0. The molecule has 6 nitrogen and oxygen atoms in total. The Morgan fingerprint density at radius 1 is 1.06 bits per heavy atom. The fraction of sp³-hybridized carbons (Fsp3) is 0.200. The molecule has 0 amide bonds. The molecule has 0 atom stereocenters. The van der Waals surface area contributed by atoms with Crippen LogP contribution >= 0.6 is 0 Å². The van der Waals surface area contributed by atoms with Gasteiger partial charge in [0.15, 0.2) is 0 Å². The van der Waals surface area contributed by atoms with Crippen molar-refractivity contribution in [2.75, 3.05) is 32.0 Å². The van der Waals surface area contributed by atoms with Crippen molar-refractivity contribution < 1.29 is 4.74 Å². The highest BCUT2D eigenvalue weighted by Crippen LogP contribution is 2.24. The summed E-state index contributed by atoms with van der Waals surface area (Å²) in [5.74, 6) is 0. The molecule has 0 saturated carbocycles. The molecule has 4 rings (SSSR count). The van der Waals surface area contributed by atoms with Crippen LogP contribution in [-0.2, 0) is 11.3 Å². The second kappa shape index (κ2) is 9.55. The van der Waals surface area contributed by atoms with E-state index in [2.05, 4.69) is 22.0 Å². The molecule has 1 aliphatic rings. The van der Waals surface area contributed by atoms with E-state index in [1.165, 1.54) is 5.56 Å². The van der Waals surface area contributed by atoms with Crippen molar-refractivity contribution in [2.45, 2.75) is 6.54 Å². The average Bonchev–Trinajstić information content (AvgIpc) is 2.80. The summed E-state index contributed by atoms with van der Waals surface area (Å²) in [4.78, 5) is 6.76. The summed E-state index contributed by atoms with van der Waals surface area (Å²) in [6, 6.07) is 19.6. The average molecular weight is 414 g/mol. The minimum absolute atomic E-state index is 0.203. The summed E-state index contributed by atoms with van der Waals surface area (Å²) in [5.41, 5.74) is 18.1. The van der Waals surface area contributed by atoms with Gasteiger partial charge in [-0.1, -0.05) is 36.4 Å². The van der Waals surface area contributed by atoms with E-state index in [1.54, 1.807) is 12.3 Å². The lowest BCUT2D eigenvalue weighted by Gasteiger charge is -2.26. The number of anilines is 1. The van der Waals surface area contributed by atoms with Gasteiger partial charge in [0.25, 0.3) is 0 Å². The third-order valence-corrected chi connectivity index (χ3v) is 5.36. The highest BCUT2D eigenvalue weighted by atomic mass is 16.5. The van der Waals surface area contributed by atoms with Gasteiger partial charge in [-0.2, -0.15) is 0 Å². The van der Waals surface area contributed by atoms with E-state index in [4.69, 9.17) is 21.6 Å². The van der Waals surface area contributed by atoms with Crippen LogP contribution in [0.15, 0.2) is 72.6 Å². The number of ether oxygens (including phenoxy) is 1. The summed E-state index contributed by atoms with van der Waals surface area (Å²) in [6.07, 6.45) is 3.58. The highest BCUT2D eigenvalue weighted by Gasteiger charge is 2.13. The zero-order valence-electron chi connectivity index (χ0n) is 17.4. The van der Waals surface area contributed by atoms with Crippen molar-refractivity contribution in [3.8, 4) is 11.3 Å². The van der Waals surface area contributed by atoms with Gasteiger partial charge in [-0.05, 0) is 41.5 Å². The number of nitrogen functional groups attached to an aromatic ring is 1. The van der Waals surface area contributed by atoms with Crippen molar-refractivity contribution in [3.63, 3.8) is 0 Å². The van der Waals surface area contributed by atoms with E-state index < -0.39 is 0 Å². The minimum atomic E-state index is 0.203. The lowest BCUT2D eigenvalue weighted by molar-refractivity contribution is 0.0342. The van der Waals surface area contributed by atoms with Gasteiger partial charge in [-0.25, -0.2) is 0 Å². The molecule has 5 N–H and O–H groups in total. The number of allylic oxidation sites excluding steroid dienone is 1. The van der Waals surface area contributed by atoms with Gasteiger partial charge in [-0.3, -0.25) is 15.3 Å². The number of nitrogens with zero attached hydrogens (tertiary/aromatic N) is 2. The van der Waals surface area contributed by atoms with Crippen LogP contribution in [0.2, 0.25) is 0 Å². The molecule has 0 radical (unpaired) electrons. The third-order valence-electron chi connectivity index (χ3n) is 5.36. The van der Waals surface area contributed by atoms with Crippen LogP contribution in [0, 0.1) is 5.41 Å². The van der Waals surface area contributed by atoms with Gasteiger partial charge >= 0.3 is 0 Å². The van der Waals surface area contributed by atoms with Gasteiger partial charge in [-0.15, -0.1) is 0 Å². The van der Waals surface area contributed by atoms with Gasteiger partial charge in [0.05, 0.1) is 30.3 Å². The van der Waals surface area contributed by atoms with E-state index in [9.17, 15) is 0 Å². The molecule has 1 saturated heterocycles. The summed E-state index contributed by atoms with van der Waals surface area (Å²) < 4.78 is 5.42. The van der Waals surface area contributed by atoms with Crippen molar-refractivity contribution in [2.24, 2.45) is 5.73 Å². The van der Waals surface area contributed by atoms with E-state index in [-0.39, 0.29) is 5.71 Å². The Kier molecular flexibility index (Phi) is 6.40. The molecule has 2 heterocycles.